The van der Waals surface area contributed by atoms with E-state index in [1.165, 1.54) is 24.1 Å². The predicted octanol–water partition coefficient (Wildman–Crippen LogP) is 1.57. The molecule has 88 valence electrons. The van der Waals surface area contributed by atoms with Crippen LogP contribution >= 0.6 is 0 Å². The number of aromatic nitrogens is 1. The Morgan fingerprint density at radius 1 is 1.50 bits per heavy atom. The van der Waals surface area contributed by atoms with Crippen LogP contribution < -0.4 is 5.32 Å². The Morgan fingerprint density at radius 3 is 3.19 bits per heavy atom. The summed E-state index contributed by atoms with van der Waals surface area (Å²) in [6.45, 7) is 8.88. The van der Waals surface area contributed by atoms with E-state index in [9.17, 15) is 0 Å². The molecule has 2 rings (SSSR count). The molecule has 3 nitrogen and oxygen atoms in total. The number of nitrogens with zero attached hydrogens (tertiary/aromatic N) is 2. The fraction of sp³-hybridized carbons (Fsp3) is 0.615. The Kier molecular flexibility index (Phi) is 3.91. The summed E-state index contributed by atoms with van der Waals surface area (Å²) < 4.78 is 0. The summed E-state index contributed by atoms with van der Waals surface area (Å²) in [4.78, 5) is 6.72. The molecule has 1 saturated heterocycles. The first-order valence-corrected chi connectivity index (χ1v) is 6.11. The minimum Gasteiger partial charge on any atom is -0.313 e. The van der Waals surface area contributed by atoms with Gasteiger partial charge in [-0.15, -0.1) is 0 Å². The molecule has 1 unspecified atom stereocenters. The van der Waals surface area contributed by atoms with E-state index in [1.807, 2.05) is 12.4 Å². The largest absolute Gasteiger partial charge is 0.313 e. The lowest BCUT2D eigenvalue weighted by Crippen LogP contribution is -2.29. The Hall–Kier alpha value is -0.930. The fourth-order valence-electron chi connectivity index (χ4n) is 2.12. The summed E-state index contributed by atoms with van der Waals surface area (Å²) >= 11 is 0. The van der Waals surface area contributed by atoms with Gasteiger partial charge >= 0.3 is 0 Å². The first-order chi connectivity index (χ1) is 7.75. The number of pyridine rings is 1. The lowest BCUT2D eigenvalue weighted by molar-refractivity contribution is 0.282. The molecule has 1 aromatic rings. The van der Waals surface area contributed by atoms with Crippen molar-refractivity contribution < 1.29 is 0 Å². The molecule has 3 heteroatoms. The van der Waals surface area contributed by atoms with Gasteiger partial charge in [0.25, 0.3) is 0 Å². The molecule has 1 aliphatic heterocycles. The van der Waals surface area contributed by atoms with E-state index >= 15 is 0 Å². The Bertz CT molecular complexity index is 338. The summed E-state index contributed by atoms with van der Waals surface area (Å²) in [5.41, 5.74) is 2.71. The monoisotopic (exact) mass is 219 g/mol. The Balaban J connectivity index is 1.96. The van der Waals surface area contributed by atoms with Crippen LogP contribution in [0.5, 0.6) is 0 Å². The molecule has 0 amide bonds. The molecular weight excluding hydrogens is 198 g/mol. The van der Waals surface area contributed by atoms with E-state index < -0.39 is 0 Å². The Morgan fingerprint density at radius 2 is 2.38 bits per heavy atom. The van der Waals surface area contributed by atoms with Crippen LogP contribution in [-0.2, 0) is 6.54 Å². The van der Waals surface area contributed by atoms with Crippen molar-refractivity contribution in [2.24, 2.45) is 0 Å². The van der Waals surface area contributed by atoms with Crippen LogP contribution in [-0.4, -0.2) is 35.6 Å². The summed E-state index contributed by atoms with van der Waals surface area (Å²) in [6, 6.07) is 2.74. The standard InChI is InChI=1S/C13H21N3/c1-11-3-5-14-9-13(11)10-16-7-4-12(2)15-6-8-16/h3,5,9,12,15H,4,6-8,10H2,1-2H3. The lowest BCUT2D eigenvalue weighted by atomic mass is 10.1. The molecule has 1 fully saturated rings. The highest BCUT2D eigenvalue weighted by Gasteiger charge is 2.13. The lowest BCUT2D eigenvalue weighted by Gasteiger charge is -2.20. The van der Waals surface area contributed by atoms with E-state index in [0.29, 0.717) is 6.04 Å². The van der Waals surface area contributed by atoms with Gasteiger partial charge in [0.2, 0.25) is 0 Å². The van der Waals surface area contributed by atoms with Crippen LogP contribution in [0.25, 0.3) is 0 Å². The zero-order valence-electron chi connectivity index (χ0n) is 10.2. The predicted molar refractivity (Wildman–Crippen MR) is 66.3 cm³/mol. The van der Waals surface area contributed by atoms with Crippen molar-refractivity contribution in [3.8, 4) is 0 Å². The van der Waals surface area contributed by atoms with Gasteiger partial charge in [-0.3, -0.25) is 9.88 Å². The number of rotatable bonds is 2. The van der Waals surface area contributed by atoms with E-state index in [4.69, 9.17) is 0 Å². The minimum absolute atomic E-state index is 0.653. The molecular formula is C13H21N3. The molecule has 1 N–H and O–H groups in total. The summed E-state index contributed by atoms with van der Waals surface area (Å²) in [5, 5.41) is 3.52. The van der Waals surface area contributed by atoms with Gasteiger partial charge in [0.1, 0.15) is 0 Å². The maximum Gasteiger partial charge on any atom is 0.0315 e. The van der Waals surface area contributed by atoms with Crippen LogP contribution in [0, 0.1) is 6.92 Å². The van der Waals surface area contributed by atoms with Crippen LogP contribution in [0.3, 0.4) is 0 Å². The summed E-state index contributed by atoms with van der Waals surface area (Å²) in [6.07, 6.45) is 5.10. The second kappa shape index (κ2) is 5.41. The highest BCUT2D eigenvalue weighted by atomic mass is 15.2. The highest BCUT2D eigenvalue weighted by molar-refractivity contribution is 5.21. The summed E-state index contributed by atoms with van der Waals surface area (Å²) in [5.74, 6) is 0. The second-order valence-corrected chi connectivity index (χ2v) is 4.72. The van der Waals surface area contributed by atoms with Gasteiger partial charge in [-0.05, 0) is 37.5 Å². The molecule has 1 atom stereocenters. The molecule has 0 saturated carbocycles. The smallest absolute Gasteiger partial charge is 0.0315 e. The van der Waals surface area contributed by atoms with E-state index in [1.54, 1.807) is 0 Å². The number of hydrogen-bond acceptors (Lipinski definition) is 3. The van der Waals surface area contributed by atoms with Crippen molar-refractivity contribution >= 4 is 0 Å². The SMILES string of the molecule is Cc1ccncc1CN1CCNC(C)CC1. The van der Waals surface area contributed by atoms with Crippen molar-refractivity contribution in [2.75, 3.05) is 19.6 Å². The van der Waals surface area contributed by atoms with Gasteiger partial charge in [0.15, 0.2) is 0 Å². The third-order valence-electron chi connectivity index (χ3n) is 3.34. The highest BCUT2D eigenvalue weighted by Crippen LogP contribution is 2.10. The van der Waals surface area contributed by atoms with Gasteiger partial charge in [-0.2, -0.15) is 0 Å². The quantitative estimate of drug-likeness (QED) is 0.818. The molecule has 2 heterocycles. The van der Waals surface area contributed by atoms with Crippen molar-refractivity contribution in [3.05, 3.63) is 29.6 Å². The third kappa shape index (κ3) is 3.03. The topological polar surface area (TPSA) is 28.2 Å². The maximum atomic E-state index is 4.21. The second-order valence-electron chi connectivity index (χ2n) is 4.72. The zero-order valence-corrected chi connectivity index (χ0v) is 10.2. The van der Waals surface area contributed by atoms with Crippen LogP contribution in [0.2, 0.25) is 0 Å². The molecule has 1 aromatic heterocycles. The average molecular weight is 219 g/mol. The Labute approximate surface area is 97.9 Å². The van der Waals surface area contributed by atoms with Crippen molar-refractivity contribution in [2.45, 2.75) is 32.9 Å². The molecule has 0 spiro atoms. The molecule has 0 aromatic carbocycles. The molecule has 0 radical (unpaired) electrons. The first-order valence-electron chi connectivity index (χ1n) is 6.11. The zero-order chi connectivity index (χ0) is 11.4. The molecule has 1 aliphatic rings. The van der Waals surface area contributed by atoms with Gasteiger partial charge in [-0.25, -0.2) is 0 Å². The minimum atomic E-state index is 0.653. The van der Waals surface area contributed by atoms with Crippen molar-refractivity contribution in [3.63, 3.8) is 0 Å². The van der Waals surface area contributed by atoms with Crippen LogP contribution in [0.1, 0.15) is 24.5 Å². The number of hydrogen-bond donors (Lipinski definition) is 1. The number of nitrogens with one attached hydrogen (secondary N) is 1. The molecule has 0 aliphatic carbocycles. The average Bonchev–Trinajstić information content (AvgIpc) is 2.47. The van der Waals surface area contributed by atoms with E-state index in [2.05, 4.69) is 35.1 Å². The third-order valence-corrected chi connectivity index (χ3v) is 3.34. The fourth-order valence-corrected chi connectivity index (χ4v) is 2.12. The maximum absolute atomic E-state index is 4.21. The van der Waals surface area contributed by atoms with E-state index in [0.717, 1.165) is 19.6 Å². The number of aryl methyl sites for hydroxylation is 1. The first kappa shape index (κ1) is 11.6. The van der Waals surface area contributed by atoms with Crippen LogP contribution in [0.4, 0.5) is 0 Å². The van der Waals surface area contributed by atoms with Crippen LogP contribution in [0.15, 0.2) is 18.5 Å². The molecule has 16 heavy (non-hydrogen) atoms. The van der Waals surface area contributed by atoms with Gasteiger partial charge in [-0.1, -0.05) is 0 Å². The van der Waals surface area contributed by atoms with Crippen molar-refractivity contribution in [1.29, 1.82) is 0 Å². The molecule has 0 bridgehead atoms. The van der Waals surface area contributed by atoms with Gasteiger partial charge in [0, 0.05) is 44.6 Å². The summed E-state index contributed by atoms with van der Waals surface area (Å²) in [7, 11) is 0. The van der Waals surface area contributed by atoms with E-state index in [-0.39, 0.29) is 0 Å². The normalized spacial score (nSPS) is 23.0. The van der Waals surface area contributed by atoms with Gasteiger partial charge in [0.05, 0.1) is 0 Å². The van der Waals surface area contributed by atoms with Gasteiger partial charge < -0.3 is 5.32 Å². The van der Waals surface area contributed by atoms with Crippen molar-refractivity contribution in [1.82, 2.24) is 15.2 Å².